The van der Waals surface area contributed by atoms with Crippen LogP contribution in [0.2, 0.25) is 0 Å². The number of carbonyl (C=O) groups is 1. The van der Waals surface area contributed by atoms with Crippen LogP contribution in [0.5, 0.6) is 0 Å². The summed E-state index contributed by atoms with van der Waals surface area (Å²) in [7, 11) is 0. The largest absolute Gasteiger partial charge is 0.478 e. The molecular formula is C23H15N3O2. The van der Waals surface area contributed by atoms with Crippen molar-refractivity contribution in [3.05, 3.63) is 90.8 Å². The van der Waals surface area contributed by atoms with E-state index in [1.165, 1.54) is 11.5 Å². The van der Waals surface area contributed by atoms with Crippen molar-refractivity contribution in [3.63, 3.8) is 0 Å². The third-order valence-corrected chi connectivity index (χ3v) is 4.81. The van der Waals surface area contributed by atoms with Gasteiger partial charge in [-0.3, -0.25) is 4.98 Å². The van der Waals surface area contributed by atoms with Crippen molar-refractivity contribution in [2.45, 2.75) is 0 Å². The fourth-order valence-corrected chi connectivity index (χ4v) is 3.41. The highest BCUT2D eigenvalue weighted by molar-refractivity contribution is 5.92. The van der Waals surface area contributed by atoms with Crippen molar-refractivity contribution < 1.29 is 9.90 Å². The predicted octanol–water partition coefficient (Wildman–Crippen LogP) is 4.94. The number of aromatic carboxylic acids is 1. The van der Waals surface area contributed by atoms with Crippen molar-refractivity contribution in [1.82, 2.24) is 14.5 Å². The lowest BCUT2D eigenvalue weighted by Crippen LogP contribution is -1.97. The average Bonchev–Trinajstić information content (AvgIpc) is 3.17. The Kier molecular flexibility index (Phi) is 3.66. The standard InChI is InChI=1S/C23H15N3O2/c27-23(28)17-8-9-19-20(13-17)24-14-21(25-19)16-5-3-6-18(12-16)26-11-10-15-4-1-2-7-22(15)26/h1-14H,(H,27,28). The van der Waals surface area contributed by atoms with E-state index in [0.717, 1.165) is 22.5 Å². The number of fused-ring (bicyclic) bond motifs is 2. The average molecular weight is 365 g/mol. The van der Waals surface area contributed by atoms with Gasteiger partial charge in [0.15, 0.2) is 0 Å². The lowest BCUT2D eigenvalue weighted by molar-refractivity contribution is 0.0697. The van der Waals surface area contributed by atoms with Crippen LogP contribution in [-0.2, 0) is 0 Å². The maximum atomic E-state index is 11.1. The summed E-state index contributed by atoms with van der Waals surface area (Å²) in [5.74, 6) is -0.973. The number of aromatic nitrogens is 3. The van der Waals surface area contributed by atoms with Gasteiger partial charge < -0.3 is 9.67 Å². The molecule has 0 aliphatic rings. The van der Waals surface area contributed by atoms with Crippen molar-refractivity contribution >= 4 is 27.9 Å². The molecule has 0 unspecified atom stereocenters. The van der Waals surface area contributed by atoms with Crippen LogP contribution in [0.15, 0.2) is 85.2 Å². The minimum atomic E-state index is -0.973. The monoisotopic (exact) mass is 365 g/mol. The molecule has 3 aromatic carbocycles. The van der Waals surface area contributed by atoms with Crippen molar-refractivity contribution in [3.8, 4) is 16.9 Å². The normalized spacial score (nSPS) is 11.1. The topological polar surface area (TPSA) is 68.0 Å². The lowest BCUT2D eigenvalue weighted by atomic mass is 10.1. The Labute approximate surface area is 160 Å². The van der Waals surface area contributed by atoms with Gasteiger partial charge in [-0.25, -0.2) is 9.78 Å². The molecule has 0 bridgehead atoms. The minimum absolute atomic E-state index is 0.205. The highest BCUT2D eigenvalue weighted by atomic mass is 16.4. The second kappa shape index (κ2) is 6.32. The molecule has 0 amide bonds. The summed E-state index contributed by atoms with van der Waals surface area (Å²) >= 11 is 0. The van der Waals surface area contributed by atoms with Gasteiger partial charge in [-0.15, -0.1) is 0 Å². The number of hydrogen-bond donors (Lipinski definition) is 1. The Bertz CT molecular complexity index is 1350. The van der Waals surface area contributed by atoms with Crippen LogP contribution in [0.3, 0.4) is 0 Å². The summed E-state index contributed by atoms with van der Waals surface area (Å²) in [6.45, 7) is 0. The second-order valence-electron chi connectivity index (χ2n) is 6.56. The zero-order chi connectivity index (χ0) is 19.1. The van der Waals surface area contributed by atoms with Crippen molar-refractivity contribution in [1.29, 1.82) is 0 Å². The van der Waals surface area contributed by atoms with Gasteiger partial charge in [0.2, 0.25) is 0 Å². The summed E-state index contributed by atoms with van der Waals surface area (Å²) in [4.78, 5) is 20.2. The molecule has 0 radical (unpaired) electrons. The molecule has 5 heteroatoms. The number of benzene rings is 3. The molecule has 5 rings (SSSR count). The number of carboxylic acids is 1. The van der Waals surface area contributed by atoms with Gasteiger partial charge in [-0.1, -0.05) is 30.3 Å². The van der Waals surface area contributed by atoms with E-state index in [1.807, 2.05) is 24.3 Å². The van der Waals surface area contributed by atoms with E-state index < -0.39 is 5.97 Å². The van der Waals surface area contributed by atoms with Gasteiger partial charge in [-0.2, -0.15) is 0 Å². The first-order valence-electron chi connectivity index (χ1n) is 8.86. The molecule has 134 valence electrons. The maximum absolute atomic E-state index is 11.1. The molecule has 0 saturated carbocycles. The molecule has 0 saturated heterocycles. The first-order chi connectivity index (χ1) is 13.7. The van der Waals surface area contributed by atoms with Gasteiger partial charge in [0.05, 0.1) is 34.0 Å². The molecule has 0 aliphatic carbocycles. The first kappa shape index (κ1) is 16.2. The van der Waals surface area contributed by atoms with E-state index in [-0.39, 0.29) is 5.56 Å². The highest BCUT2D eigenvalue weighted by Crippen LogP contribution is 2.25. The van der Waals surface area contributed by atoms with Crippen LogP contribution >= 0.6 is 0 Å². The van der Waals surface area contributed by atoms with Crippen molar-refractivity contribution in [2.75, 3.05) is 0 Å². The van der Waals surface area contributed by atoms with Gasteiger partial charge in [-0.05, 0) is 47.9 Å². The summed E-state index contributed by atoms with van der Waals surface area (Å²) in [5.41, 5.74) is 5.32. The van der Waals surface area contributed by atoms with Crippen LogP contribution < -0.4 is 0 Å². The number of hydrogen-bond acceptors (Lipinski definition) is 3. The second-order valence-corrected chi connectivity index (χ2v) is 6.56. The zero-order valence-corrected chi connectivity index (χ0v) is 14.8. The molecule has 28 heavy (non-hydrogen) atoms. The van der Waals surface area contributed by atoms with Crippen LogP contribution in [0.1, 0.15) is 10.4 Å². The van der Waals surface area contributed by atoms with E-state index in [9.17, 15) is 4.79 Å². The number of carboxylic acid groups (broad SMARTS) is 1. The summed E-state index contributed by atoms with van der Waals surface area (Å²) in [5, 5.41) is 10.3. The molecule has 2 heterocycles. The molecule has 0 atom stereocenters. The molecule has 2 aromatic heterocycles. The quantitative estimate of drug-likeness (QED) is 0.492. The number of rotatable bonds is 3. The molecule has 0 spiro atoms. The van der Waals surface area contributed by atoms with Gasteiger partial charge in [0, 0.05) is 17.4 Å². The number of para-hydroxylation sites is 1. The van der Waals surface area contributed by atoms with Crippen molar-refractivity contribution in [2.24, 2.45) is 0 Å². The third kappa shape index (κ3) is 2.70. The Morgan fingerprint density at radius 3 is 2.68 bits per heavy atom. The first-order valence-corrected chi connectivity index (χ1v) is 8.86. The zero-order valence-electron chi connectivity index (χ0n) is 14.8. The van der Waals surface area contributed by atoms with Gasteiger partial charge >= 0.3 is 5.97 Å². The van der Waals surface area contributed by atoms with Crippen LogP contribution in [0, 0.1) is 0 Å². The maximum Gasteiger partial charge on any atom is 0.335 e. The summed E-state index contributed by atoms with van der Waals surface area (Å²) in [6.07, 6.45) is 3.74. The summed E-state index contributed by atoms with van der Waals surface area (Å²) < 4.78 is 2.15. The fourth-order valence-electron chi connectivity index (χ4n) is 3.41. The van der Waals surface area contributed by atoms with E-state index in [0.29, 0.717) is 11.0 Å². The molecule has 5 aromatic rings. The molecular weight excluding hydrogens is 350 g/mol. The van der Waals surface area contributed by atoms with Crippen LogP contribution in [0.4, 0.5) is 0 Å². The van der Waals surface area contributed by atoms with Gasteiger partial charge in [0.25, 0.3) is 0 Å². The Hall–Kier alpha value is -3.99. The predicted molar refractivity (Wildman–Crippen MR) is 109 cm³/mol. The lowest BCUT2D eigenvalue weighted by Gasteiger charge is -2.09. The minimum Gasteiger partial charge on any atom is -0.478 e. The van der Waals surface area contributed by atoms with Crippen LogP contribution in [-0.4, -0.2) is 25.6 Å². The molecule has 0 fully saturated rings. The Balaban J connectivity index is 1.59. The van der Waals surface area contributed by atoms with E-state index in [1.54, 1.807) is 18.3 Å². The SMILES string of the molecule is O=C(O)c1ccc2nc(-c3cccc(-n4ccc5ccccc54)c3)cnc2c1. The Morgan fingerprint density at radius 1 is 0.893 bits per heavy atom. The van der Waals surface area contributed by atoms with E-state index >= 15 is 0 Å². The Morgan fingerprint density at radius 2 is 1.79 bits per heavy atom. The summed E-state index contributed by atoms with van der Waals surface area (Å²) in [6, 6.07) is 23.3. The van der Waals surface area contributed by atoms with E-state index in [2.05, 4.69) is 51.1 Å². The smallest absolute Gasteiger partial charge is 0.335 e. The number of nitrogens with zero attached hydrogens (tertiary/aromatic N) is 3. The third-order valence-electron chi connectivity index (χ3n) is 4.81. The highest BCUT2D eigenvalue weighted by Gasteiger charge is 2.09. The fraction of sp³-hybridized carbons (Fsp3) is 0. The molecule has 0 aliphatic heterocycles. The molecule has 5 nitrogen and oxygen atoms in total. The van der Waals surface area contributed by atoms with E-state index in [4.69, 9.17) is 5.11 Å². The molecule has 1 N–H and O–H groups in total. The van der Waals surface area contributed by atoms with Crippen LogP contribution in [0.25, 0.3) is 38.9 Å². The van der Waals surface area contributed by atoms with Gasteiger partial charge in [0.1, 0.15) is 0 Å².